The van der Waals surface area contributed by atoms with Gasteiger partial charge in [-0.15, -0.1) is 0 Å². The van der Waals surface area contributed by atoms with Crippen molar-refractivity contribution in [3.63, 3.8) is 0 Å². The van der Waals surface area contributed by atoms with Crippen LogP contribution < -0.4 is 9.47 Å². The van der Waals surface area contributed by atoms with Gasteiger partial charge in [0.25, 0.3) is 5.91 Å². The summed E-state index contributed by atoms with van der Waals surface area (Å²) in [7, 11) is 1.59. The zero-order valence-corrected chi connectivity index (χ0v) is 14.6. The van der Waals surface area contributed by atoms with Gasteiger partial charge in [0.05, 0.1) is 5.71 Å². The Balaban J connectivity index is 1.54. The van der Waals surface area contributed by atoms with Gasteiger partial charge in [-0.2, -0.15) is 0 Å². The fourth-order valence-corrected chi connectivity index (χ4v) is 2.44. The summed E-state index contributed by atoms with van der Waals surface area (Å²) in [5.74, 6) is 0.699. The first kappa shape index (κ1) is 17.7. The number of carbonyl (C=O) groups excluding carboxylic acids is 1. The number of halogens is 1. The van der Waals surface area contributed by atoms with E-state index in [2.05, 4.69) is 5.16 Å². The van der Waals surface area contributed by atoms with Gasteiger partial charge in [0.15, 0.2) is 18.1 Å². The number of rotatable bonds is 6. The molecule has 3 rings (SSSR count). The molecule has 1 amide bonds. The number of nitrogens with zero attached hydrogens (tertiary/aromatic N) is 2. The average molecular weight is 358 g/mol. The lowest BCUT2D eigenvalue weighted by atomic mass is 10.1. The SMILES string of the molecule is C/C(=N/OCC(=O)N(C)Cc1ccccc1F)c1ccc2c(c1)OCO2. The Morgan fingerprint density at radius 3 is 2.81 bits per heavy atom. The van der Waals surface area contributed by atoms with Gasteiger partial charge >= 0.3 is 0 Å². The molecule has 2 aromatic carbocycles. The standard InChI is InChI=1S/C19H19FN2O4/c1-13(14-7-8-17-18(9-14)25-12-24-17)21-26-11-19(23)22(2)10-15-5-3-4-6-16(15)20/h3-9H,10-12H2,1-2H3/b21-13-. The minimum atomic E-state index is -0.343. The molecule has 1 aliphatic heterocycles. The van der Waals surface area contributed by atoms with Crippen LogP contribution in [0.3, 0.4) is 0 Å². The van der Waals surface area contributed by atoms with Crippen molar-refractivity contribution in [1.82, 2.24) is 4.90 Å². The maximum absolute atomic E-state index is 13.6. The highest BCUT2D eigenvalue weighted by Gasteiger charge is 2.15. The molecule has 0 saturated heterocycles. The summed E-state index contributed by atoms with van der Waals surface area (Å²) >= 11 is 0. The van der Waals surface area contributed by atoms with Crippen LogP contribution in [0.4, 0.5) is 4.39 Å². The summed E-state index contributed by atoms with van der Waals surface area (Å²) in [6, 6.07) is 11.8. The summed E-state index contributed by atoms with van der Waals surface area (Å²) < 4.78 is 24.2. The summed E-state index contributed by atoms with van der Waals surface area (Å²) in [5, 5.41) is 3.97. The molecule has 0 aliphatic carbocycles. The minimum absolute atomic E-state index is 0.166. The molecular weight excluding hydrogens is 339 g/mol. The number of oxime groups is 1. The van der Waals surface area contributed by atoms with Gasteiger partial charge in [-0.05, 0) is 31.2 Å². The van der Waals surface area contributed by atoms with Crippen LogP contribution in [0, 0.1) is 5.82 Å². The quantitative estimate of drug-likeness (QED) is 0.588. The summed E-state index contributed by atoms with van der Waals surface area (Å²) in [6.45, 7) is 1.91. The molecule has 0 spiro atoms. The molecule has 136 valence electrons. The molecule has 0 radical (unpaired) electrons. The first-order valence-electron chi connectivity index (χ1n) is 8.08. The smallest absolute Gasteiger partial charge is 0.263 e. The zero-order chi connectivity index (χ0) is 18.5. The molecule has 0 N–H and O–H groups in total. The molecule has 0 atom stereocenters. The number of carbonyl (C=O) groups is 1. The lowest BCUT2D eigenvalue weighted by Gasteiger charge is -2.16. The number of benzene rings is 2. The number of likely N-dealkylation sites (N-methyl/N-ethyl adjacent to an activating group) is 1. The van der Waals surface area contributed by atoms with Crippen LogP contribution >= 0.6 is 0 Å². The normalized spacial score (nSPS) is 12.8. The van der Waals surface area contributed by atoms with Crippen LogP contribution in [0.1, 0.15) is 18.1 Å². The van der Waals surface area contributed by atoms with E-state index in [-0.39, 0.29) is 31.7 Å². The van der Waals surface area contributed by atoms with Crippen molar-refractivity contribution in [2.75, 3.05) is 20.4 Å². The highest BCUT2D eigenvalue weighted by molar-refractivity contribution is 5.99. The Morgan fingerprint density at radius 1 is 1.23 bits per heavy atom. The molecule has 0 aromatic heterocycles. The van der Waals surface area contributed by atoms with E-state index >= 15 is 0 Å². The number of hydrogen-bond donors (Lipinski definition) is 0. The number of ether oxygens (including phenoxy) is 2. The van der Waals surface area contributed by atoms with Gasteiger partial charge in [0, 0.05) is 24.7 Å². The van der Waals surface area contributed by atoms with Crippen LogP contribution in [0.5, 0.6) is 11.5 Å². The molecule has 6 nitrogen and oxygen atoms in total. The Kier molecular flexibility index (Phi) is 5.36. The molecule has 2 aromatic rings. The Hall–Kier alpha value is -3.09. The van der Waals surface area contributed by atoms with Crippen molar-refractivity contribution in [1.29, 1.82) is 0 Å². The molecular formula is C19H19FN2O4. The topological polar surface area (TPSA) is 60.4 Å². The number of fused-ring (bicyclic) bond motifs is 1. The predicted molar refractivity (Wildman–Crippen MR) is 93.6 cm³/mol. The van der Waals surface area contributed by atoms with Gasteiger partial charge in [-0.3, -0.25) is 4.79 Å². The summed E-state index contributed by atoms with van der Waals surface area (Å²) in [5.41, 5.74) is 1.86. The molecule has 26 heavy (non-hydrogen) atoms. The van der Waals surface area contributed by atoms with Gasteiger partial charge in [-0.25, -0.2) is 4.39 Å². The Labute approximate surface area is 150 Å². The molecule has 1 aliphatic rings. The first-order chi connectivity index (χ1) is 12.5. The van der Waals surface area contributed by atoms with Crippen LogP contribution in [-0.4, -0.2) is 37.0 Å². The largest absolute Gasteiger partial charge is 0.454 e. The van der Waals surface area contributed by atoms with E-state index in [1.54, 1.807) is 44.3 Å². The second-order valence-corrected chi connectivity index (χ2v) is 5.86. The van der Waals surface area contributed by atoms with E-state index in [9.17, 15) is 9.18 Å². The van der Waals surface area contributed by atoms with Gasteiger partial charge < -0.3 is 19.2 Å². The second-order valence-electron chi connectivity index (χ2n) is 5.86. The van der Waals surface area contributed by atoms with Crippen LogP contribution in [-0.2, 0) is 16.2 Å². The molecule has 0 bridgehead atoms. The van der Waals surface area contributed by atoms with Crippen molar-refractivity contribution >= 4 is 11.6 Å². The monoisotopic (exact) mass is 358 g/mol. The predicted octanol–water partition coefficient (Wildman–Crippen LogP) is 2.95. The summed E-state index contributed by atoms with van der Waals surface area (Å²) in [6.07, 6.45) is 0. The average Bonchev–Trinajstić information content (AvgIpc) is 3.11. The fourth-order valence-electron chi connectivity index (χ4n) is 2.44. The zero-order valence-electron chi connectivity index (χ0n) is 14.6. The number of amides is 1. The highest BCUT2D eigenvalue weighted by Crippen LogP contribution is 2.32. The van der Waals surface area contributed by atoms with E-state index in [4.69, 9.17) is 14.3 Å². The van der Waals surface area contributed by atoms with Crippen molar-refractivity contribution in [2.45, 2.75) is 13.5 Å². The van der Waals surface area contributed by atoms with Gasteiger partial charge in [-0.1, -0.05) is 23.4 Å². The number of hydrogen-bond acceptors (Lipinski definition) is 5. The lowest BCUT2D eigenvalue weighted by molar-refractivity contribution is -0.135. The molecule has 1 heterocycles. The van der Waals surface area contributed by atoms with E-state index in [1.807, 2.05) is 6.07 Å². The molecule has 0 fully saturated rings. The third kappa shape index (κ3) is 4.11. The third-order valence-electron chi connectivity index (χ3n) is 3.97. The van der Waals surface area contributed by atoms with Crippen LogP contribution in [0.25, 0.3) is 0 Å². The lowest BCUT2D eigenvalue weighted by Crippen LogP contribution is -2.29. The maximum Gasteiger partial charge on any atom is 0.263 e. The van der Waals surface area contributed by atoms with Crippen LogP contribution in [0.15, 0.2) is 47.6 Å². The van der Waals surface area contributed by atoms with Crippen molar-refractivity contribution in [3.8, 4) is 11.5 Å². The van der Waals surface area contributed by atoms with E-state index in [1.165, 1.54) is 11.0 Å². The summed E-state index contributed by atoms with van der Waals surface area (Å²) in [4.78, 5) is 18.6. The van der Waals surface area contributed by atoms with Gasteiger partial charge in [0.2, 0.25) is 6.79 Å². The maximum atomic E-state index is 13.6. The fraction of sp³-hybridized carbons (Fsp3) is 0.263. The van der Waals surface area contributed by atoms with E-state index < -0.39 is 0 Å². The molecule has 0 saturated carbocycles. The van der Waals surface area contributed by atoms with E-state index in [0.29, 0.717) is 22.8 Å². The minimum Gasteiger partial charge on any atom is -0.454 e. The highest BCUT2D eigenvalue weighted by atomic mass is 19.1. The first-order valence-corrected chi connectivity index (χ1v) is 8.08. The van der Waals surface area contributed by atoms with E-state index in [0.717, 1.165) is 5.56 Å². The third-order valence-corrected chi connectivity index (χ3v) is 3.97. The second kappa shape index (κ2) is 7.86. The Morgan fingerprint density at radius 2 is 2.00 bits per heavy atom. The molecule has 0 unspecified atom stereocenters. The van der Waals surface area contributed by atoms with Crippen molar-refractivity contribution < 1.29 is 23.5 Å². The van der Waals surface area contributed by atoms with Crippen molar-refractivity contribution in [3.05, 3.63) is 59.4 Å². The van der Waals surface area contributed by atoms with Crippen molar-refractivity contribution in [2.24, 2.45) is 5.16 Å². The molecule has 7 heteroatoms. The van der Waals surface area contributed by atoms with Gasteiger partial charge in [0.1, 0.15) is 5.82 Å². The Bertz CT molecular complexity index is 838. The van der Waals surface area contributed by atoms with Crippen LogP contribution in [0.2, 0.25) is 0 Å².